The fraction of sp³-hybridized carbons (Fsp3) is 0.133. The van der Waals surface area contributed by atoms with Crippen LogP contribution in [0.25, 0.3) is 0 Å². The molecule has 114 valence electrons. The topological polar surface area (TPSA) is 66.5 Å². The van der Waals surface area contributed by atoms with Gasteiger partial charge in [-0.25, -0.2) is 8.42 Å². The Balaban J connectivity index is 2.17. The second-order valence-corrected chi connectivity index (χ2v) is 7.19. The number of fused-ring (bicyclic) bond motifs is 1. The van der Waals surface area contributed by atoms with E-state index >= 15 is 0 Å². The lowest BCUT2D eigenvalue weighted by Gasteiger charge is -2.35. The maximum Gasteiger partial charge on any atom is 0.265 e. The van der Waals surface area contributed by atoms with E-state index in [9.17, 15) is 13.2 Å². The van der Waals surface area contributed by atoms with Gasteiger partial charge in [-0.3, -0.25) is 9.10 Å². The van der Waals surface area contributed by atoms with Crippen molar-refractivity contribution in [1.82, 2.24) is 0 Å². The Labute approximate surface area is 133 Å². The van der Waals surface area contributed by atoms with Crippen molar-refractivity contribution < 1.29 is 13.2 Å². The third-order valence-corrected chi connectivity index (χ3v) is 5.65. The quantitative estimate of drug-likeness (QED) is 0.917. The highest BCUT2D eigenvalue weighted by Crippen LogP contribution is 2.36. The van der Waals surface area contributed by atoms with Crippen molar-refractivity contribution in [3.05, 3.63) is 53.6 Å². The number of anilines is 2. The molecule has 2 aromatic carbocycles. The van der Waals surface area contributed by atoms with Crippen molar-refractivity contribution in [3.8, 4) is 0 Å². The van der Waals surface area contributed by atoms with Crippen molar-refractivity contribution in [3.63, 3.8) is 0 Å². The minimum Gasteiger partial charge on any atom is -0.322 e. The number of amides is 1. The molecule has 2 aromatic rings. The molecular formula is C15H13ClN2O3S. The normalized spacial score (nSPS) is 17.8. The molecule has 1 atom stereocenters. The summed E-state index contributed by atoms with van der Waals surface area (Å²) in [6, 6.07) is 11.8. The molecule has 22 heavy (non-hydrogen) atoms. The Kier molecular flexibility index (Phi) is 3.58. The summed E-state index contributed by atoms with van der Waals surface area (Å²) in [6.45, 7) is 1.55. The number of halogens is 1. The molecule has 1 amide bonds. The van der Waals surface area contributed by atoms with E-state index in [4.69, 9.17) is 11.6 Å². The highest BCUT2D eigenvalue weighted by Gasteiger charge is 2.38. The number of carbonyl (C=O) groups excluding carboxylic acids is 1. The molecule has 0 bridgehead atoms. The molecule has 0 saturated carbocycles. The van der Waals surface area contributed by atoms with Gasteiger partial charge in [-0.2, -0.15) is 0 Å². The first kappa shape index (κ1) is 14.9. The fourth-order valence-electron chi connectivity index (χ4n) is 2.38. The van der Waals surface area contributed by atoms with Gasteiger partial charge >= 0.3 is 0 Å². The van der Waals surface area contributed by atoms with Crippen LogP contribution in [0, 0.1) is 0 Å². The van der Waals surface area contributed by atoms with Crippen LogP contribution in [0.4, 0.5) is 11.4 Å². The predicted molar refractivity (Wildman–Crippen MR) is 85.7 cm³/mol. The molecule has 7 heteroatoms. The Morgan fingerprint density at radius 1 is 1.09 bits per heavy atom. The summed E-state index contributed by atoms with van der Waals surface area (Å²) in [5.41, 5.74) is 0.924. The number of nitrogens with zero attached hydrogens (tertiary/aromatic N) is 1. The Hall–Kier alpha value is -2.05. The molecule has 0 spiro atoms. The smallest absolute Gasteiger partial charge is 0.265 e. The minimum atomic E-state index is -3.86. The minimum absolute atomic E-state index is 0.0910. The predicted octanol–water partition coefficient (Wildman–Crippen LogP) is 2.88. The van der Waals surface area contributed by atoms with E-state index in [1.54, 1.807) is 31.2 Å². The summed E-state index contributed by atoms with van der Waals surface area (Å²) in [6.07, 6.45) is 0. The molecule has 1 unspecified atom stereocenters. The highest BCUT2D eigenvalue weighted by molar-refractivity contribution is 7.93. The van der Waals surface area contributed by atoms with Crippen LogP contribution in [0.3, 0.4) is 0 Å². The molecule has 1 aliphatic heterocycles. The molecule has 1 N–H and O–H groups in total. The maximum atomic E-state index is 12.9. The molecule has 0 fully saturated rings. The van der Waals surface area contributed by atoms with Gasteiger partial charge in [0.25, 0.3) is 10.0 Å². The molecule has 0 radical (unpaired) electrons. The molecule has 0 saturated heterocycles. The second-order valence-electron chi connectivity index (χ2n) is 4.94. The molecule has 5 nitrogen and oxygen atoms in total. The first-order chi connectivity index (χ1) is 10.4. The number of hydrogen-bond donors (Lipinski definition) is 1. The molecule has 1 heterocycles. The van der Waals surface area contributed by atoms with Crippen molar-refractivity contribution in [2.24, 2.45) is 0 Å². The van der Waals surface area contributed by atoms with E-state index < -0.39 is 16.1 Å². The van der Waals surface area contributed by atoms with E-state index in [1.165, 1.54) is 24.3 Å². The third kappa shape index (κ3) is 2.34. The average molecular weight is 337 g/mol. The Morgan fingerprint density at radius 3 is 2.41 bits per heavy atom. The van der Waals surface area contributed by atoms with E-state index in [2.05, 4.69) is 5.32 Å². The fourth-order valence-corrected chi connectivity index (χ4v) is 4.14. The van der Waals surface area contributed by atoms with Gasteiger partial charge in [-0.15, -0.1) is 0 Å². The molecule has 1 aliphatic rings. The summed E-state index contributed by atoms with van der Waals surface area (Å²) in [5, 5.41) is 3.15. The molecular weight excluding hydrogens is 324 g/mol. The zero-order valence-electron chi connectivity index (χ0n) is 11.7. The van der Waals surface area contributed by atoms with Gasteiger partial charge in [0.15, 0.2) is 0 Å². The number of rotatable bonds is 2. The van der Waals surface area contributed by atoms with E-state index in [-0.39, 0.29) is 10.8 Å². The number of para-hydroxylation sites is 2. The SMILES string of the molecule is CC1C(=O)Nc2ccccc2N1S(=O)(=O)c1ccc(Cl)cc1. The van der Waals surface area contributed by atoms with Crippen LogP contribution in [-0.4, -0.2) is 20.4 Å². The van der Waals surface area contributed by atoms with Crippen LogP contribution in [0.2, 0.25) is 5.02 Å². The van der Waals surface area contributed by atoms with Crippen molar-refractivity contribution in [1.29, 1.82) is 0 Å². The van der Waals surface area contributed by atoms with Crippen LogP contribution in [0.1, 0.15) is 6.92 Å². The zero-order valence-corrected chi connectivity index (χ0v) is 13.2. The van der Waals surface area contributed by atoms with E-state index in [1.807, 2.05) is 0 Å². The summed E-state index contributed by atoms with van der Waals surface area (Å²) < 4.78 is 27.0. The third-order valence-electron chi connectivity index (χ3n) is 3.50. The lowest BCUT2D eigenvalue weighted by Crippen LogP contribution is -2.49. The Morgan fingerprint density at radius 2 is 1.73 bits per heavy atom. The second kappa shape index (κ2) is 5.30. The van der Waals surface area contributed by atoms with Crippen molar-refractivity contribution in [2.75, 3.05) is 9.62 Å². The number of sulfonamides is 1. The molecule has 0 aliphatic carbocycles. The van der Waals surface area contributed by atoms with Crippen LogP contribution >= 0.6 is 11.6 Å². The standard InChI is InChI=1S/C15H13ClN2O3S/c1-10-15(19)17-13-4-2-3-5-14(13)18(10)22(20,21)12-8-6-11(16)7-9-12/h2-10H,1H3,(H,17,19). The van der Waals surface area contributed by atoms with Gasteiger partial charge < -0.3 is 5.32 Å². The zero-order chi connectivity index (χ0) is 15.9. The van der Waals surface area contributed by atoms with E-state index in [0.29, 0.717) is 16.4 Å². The summed E-state index contributed by atoms with van der Waals surface area (Å²) in [7, 11) is -3.86. The van der Waals surface area contributed by atoms with Gasteiger partial charge in [0.2, 0.25) is 5.91 Å². The van der Waals surface area contributed by atoms with Gasteiger partial charge in [-0.05, 0) is 43.3 Å². The first-order valence-electron chi connectivity index (χ1n) is 6.61. The van der Waals surface area contributed by atoms with E-state index in [0.717, 1.165) is 4.31 Å². The summed E-state index contributed by atoms with van der Waals surface area (Å²) >= 11 is 5.81. The summed E-state index contributed by atoms with van der Waals surface area (Å²) in [4.78, 5) is 12.2. The monoisotopic (exact) mass is 336 g/mol. The van der Waals surface area contributed by atoms with Crippen LogP contribution < -0.4 is 9.62 Å². The molecule has 0 aromatic heterocycles. The number of nitrogens with one attached hydrogen (secondary N) is 1. The number of benzene rings is 2. The molecule has 3 rings (SSSR count). The highest BCUT2D eigenvalue weighted by atomic mass is 35.5. The first-order valence-corrected chi connectivity index (χ1v) is 8.43. The average Bonchev–Trinajstić information content (AvgIpc) is 2.48. The van der Waals surface area contributed by atoms with Gasteiger partial charge in [-0.1, -0.05) is 23.7 Å². The van der Waals surface area contributed by atoms with Crippen LogP contribution in [0.5, 0.6) is 0 Å². The van der Waals surface area contributed by atoms with Crippen LogP contribution in [0.15, 0.2) is 53.4 Å². The Bertz CT molecular complexity index is 834. The van der Waals surface area contributed by atoms with Gasteiger partial charge in [0, 0.05) is 5.02 Å². The number of carbonyl (C=O) groups is 1. The lowest BCUT2D eigenvalue weighted by atomic mass is 10.1. The van der Waals surface area contributed by atoms with Crippen molar-refractivity contribution in [2.45, 2.75) is 17.9 Å². The lowest BCUT2D eigenvalue weighted by molar-refractivity contribution is -0.117. The van der Waals surface area contributed by atoms with Crippen molar-refractivity contribution >= 4 is 38.9 Å². The maximum absolute atomic E-state index is 12.9. The van der Waals surface area contributed by atoms with Crippen LogP contribution in [-0.2, 0) is 14.8 Å². The van der Waals surface area contributed by atoms with Gasteiger partial charge in [0.1, 0.15) is 6.04 Å². The number of hydrogen-bond acceptors (Lipinski definition) is 3. The summed E-state index contributed by atoms with van der Waals surface area (Å²) in [5.74, 6) is -0.365. The van der Waals surface area contributed by atoms with Gasteiger partial charge in [0.05, 0.1) is 16.3 Å². The largest absolute Gasteiger partial charge is 0.322 e.